The number of thioether (sulfide) groups is 1. The van der Waals surface area contributed by atoms with E-state index in [4.69, 9.17) is 5.73 Å². The number of hydrogen-bond donors (Lipinski definition) is 1. The van der Waals surface area contributed by atoms with Gasteiger partial charge in [-0.05, 0) is 17.6 Å². The van der Waals surface area contributed by atoms with Crippen LogP contribution in [0.4, 0.5) is 0 Å². The van der Waals surface area contributed by atoms with Gasteiger partial charge in [0.1, 0.15) is 0 Å². The first-order valence-electron chi connectivity index (χ1n) is 5.45. The molecule has 0 aromatic carbocycles. The molecule has 0 rings (SSSR count). The number of nitrogens with two attached hydrogens (primary N) is 1. The lowest BCUT2D eigenvalue weighted by Crippen LogP contribution is -2.32. The van der Waals surface area contributed by atoms with E-state index in [0.29, 0.717) is 6.04 Å². The highest BCUT2D eigenvalue weighted by molar-refractivity contribution is 7.99. The van der Waals surface area contributed by atoms with E-state index >= 15 is 0 Å². The molecule has 0 aliphatic heterocycles. The topological polar surface area (TPSA) is 26.0 Å². The van der Waals surface area contributed by atoms with Crippen molar-refractivity contribution in [2.75, 3.05) is 11.5 Å². The van der Waals surface area contributed by atoms with Gasteiger partial charge in [0, 0.05) is 11.8 Å². The van der Waals surface area contributed by atoms with Crippen LogP contribution in [-0.2, 0) is 0 Å². The van der Waals surface area contributed by atoms with Gasteiger partial charge in [0.25, 0.3) is 0 Å². The Hall–Kier alpha value is 0.310. The molecule has 0 bridgehead atoms. The lowest BCUT2D eigenvalue weighted by molar-refractivity contribution is 0.422. The zero-order chi connectivity index (χ0) is 10.3. The highest BCUT2D eigenvalue weighted by Gasteiger charge is 2.13. The summed E-state index contributed by atoms with van der Waals surface area (Å²) in [7, 11) is 0. The van der Waals surface area contributed by atoms with Crippen molar-refractivity contribution in [1.29, 1.82) is 0 Å². The Kier molecular flexibility index (Phi) is 7.87. The van der Waals surface area contributed by atoms with Crippen LogP contribution in [0.25, 0.3) is 0 Å². The van der Waals surface area contributed by atoms with Crippen LogP contribution in [0.3, 0.4) is 0 Å². The molecule has 13 heavy (non-hydrogen) atoms. The second kappa shape index (κ2) is 7.69. The molecular weight excluding hydrogens is 178 g/mol. The van der Waals surface area contributed by atoms with Crippen LogP contribution < -0.4 is 5.73 Å². The number of rotatable bonds is 7. The summed E-state index contributed by atoms with van der Waals surface area (Å²) in [6.07, 6.45) is 2.44. The van der Waals surface area contributed by atoms with Crippen molar-refractivity contribution in [2.45, 2.75) is 46.6 Å². The minimum atomic E-state index is 0.402. The van der Waals surface area contributed by atoms with Crippen LogP contribution in [0.1, 0.15) is 40.5 Å². The van der Waals surface area contributed by atoms with Gasteiger partial charge in [-0.2, -0.15) is 11.8 Å². The van der Waals surface area contributed by atoms with Crippen molar-refractivity contribution in [3.63, 3.8) is 0 Å². The molecule has 0 heterocycles. The van der Waals surface area contributed by atoms with Gasteiger partial charge < -0.3 is 5.73 Å². The third-order valence-electron chi connectivity index (χ3n) is 2.42. The zero-order valence-electron chi connectivity index (χ0n) is 9.55. The molecule has 0 aromatic heterocycles. The molecule has 0 amide bonds. The van der Waals surface area contributed by atoms with E-state index in [1.54, 1.807) is 0 Å². The fraction of sp³-hybridized carbons (Fsp3) is 1.00. The Morgan fingerprint density at radius 2 is 1.62 bits per heavy atom. The summed E-state index contributed by atoms with van der Waals surface area (Å²) in [5, 5.41) is 0. The fourth-order valence-corrected chi connectivity index (χ4v) is 2.62. The summed E-state index contributed by atoms with van der Waals surface area (Å²) in [6, 6.07) is 0.402. The summed E-state index contributed by atoms with van der Waals surface area (Å²) >= 11 is 2.00. The molecule has 0 aliphatic carbocycles. The van der Waals surface area contributed by atoms with Gasteiger partial charge in [-0.1, -0.05) is 40.5 Å². The van der Waals surface area contributed by atoms with Crippen molar-refractivity contribution in [3.8, 4) is 0 Å². The normalized spacial score (nSPS) is 14.1. The molecule has 2 heteroatoms. The molecular formula is C11H25NS. The Balaban J connectivity index is 3.53. The van der Waals surface area contributed by atoms with Crippen molar-refractivity contribution in [3.05, 3.63) is 0 Å². The van der Waals surface area contributed by atoms with Gasteiger partial charge in [0.05, 0.1) is 0 Å². The molecule has 0 aliphatic rings. The quantitative estimate of drug-likeness (QED) is 0.688. The van der Waals surface area contributed by atoms with Crippen LogP contribution in [0, 0.1) is 11.8 Å². The number of hydrogen-bond acceptors (Lipinski definition) is 2. The van der Waals surface area contributed by atoms with Crippen LogP contribution in [0.2, 0.25) is 0 Å². The third kappa shape index (κ3) is 6.39. The maximum atomic E-state index is 6.10. The lowest BCUT2D eigenvalue weighted by atomic mass is 9.96. The molecule has 1 atom stereocenters. The van der Waals surface area contributed by atoms with Crippen molar-refractivity contribution >= 4 is 11.8 Å². The van der Waals surface area contributed by atoms with E-state index < -0.39 is 0 Å². The fourth-order valence-electron chi connectivity index (χ4n) is 1.47. The second-order valence-electron chi connectivity index (χ2n) is 4.17. The zero-order valence-corrected chi connectivity index (χ0v) is 10.4. The Labute approximate surface area is 87.9 Å². The van der Waals surface area contributed by atoms with Crippen LogP contribution in [0.15, 0.2) is 0 Å². The first-order valence-corrected chi connectivity index (χ1v) is 6.60. The molecule has 1 unspecified atom stereocenters. The van der Waals surface area contributed by atoms with Crippen molar-refractivity contribution < 1.29 is 0 Å². The largest absolute Gasteiger partial charge is 0.327 e. The van der Waals surface area contributed by atoms with E-state index in [0.717, 1.165) is 17.6 Å². The molecule has 80 valence electrons. The average Bonchev–Trinajstić information content (AvgIpc) is 2.05. The molecule has 0 spiro atoms. The molecule has 2 N–H and O–H groups in total. The SMILES string of the molecule is CCC(CC)C(N)CSCC(C)C. The highest BCUT2D eigenvalue weighted by Crippen LogP contribution is 2.16. The minimum absolute atomic E-state index is 0.402. The summed E-state index contributed by atoms with van der Waals surface area (Å²) in [5.74, 6) is 3.89. The van der Waals surface area contributed by atoms with Crippen LogP contribution >= 0.6 is 11.8 Å². The standard InChI is InChI=1S/C11H25NS/c1-5-10(6-2)11(12)8-13-7-9(3)4/h9-11H,5-8,12H2,1-4H3. The molecule has 0 fully saturated rings. The van der Waals surface area contributed by atoms with E-state index in [1.807, 2.05) is 11.8 Å². The summed E-state index contributed by atoms with van der Waals surface area (Å²) in [5.41, 5.74) is 6.10. The van der Waals surface area contributed by atoms with E-state index in [1.165, 1.54) is 18.6 Å². The Bertz CT molecular complexity index is 111. The van der Waals surface area contributed by atoms with Crippen molar-refractivity contribution in [1.82, 2.24) is 0 Å². The molecule has 0 radical (unpaired) electrons. The highest BCUT2D eigenvalue weighted by atomic mass is 32.2. The Morgan fingerprint density at radius 3 is 2.00 bits per heavy atom. The smallest absolute Gasteiger partial charge is 0.0158 e. The van der Waals surface area contributed by atoms with Crippen molar-refractivity contribution in [2.24, 2.45) is 17.6 Å². The summed E-state index contributed by atoms with van der Waals surface area (Å²) in [4.78, 5) is 0. The summed E-state index contributed by atoms with van der Waals surface area (Å²) < 4.78 is 0. The monoisotopic (exact) mass is 203 g/mol. The van der Waals surface area contributed by atoms with Gasteiger partial charge >= 0.3 is 0 Å². The maximum absolute atomic E-state index is 6.10. The molecule has 1 nitrogen and oxygen atoms in total. The second-order valence-corrected chi connectivity index (χ2v) is 5.25. The van der Waals surface area contributed by atoms with Gasteiger partial charge in [-0.3, -0.25) is 0 Å². The third-order valence-corrected chi connectivity index (χ3v) is 3.94. The predicted octanol–water partition coefficient (Wildman–Crippen LogP) is 3.14. The van der Waals surface area contributed by atoms with Crippen LogP contribution in [0.5, 0.6) is 0 Å². The maximum Gasteiger partial charge on any atom is 0.0158 e. The first-order chi connectivity index (χ1) is 6.11. The predicted molar refractivity (Wildman–Crippen MR) is 64.2 cm³/mol. The van der Waals surface area contributed by atoms with Crippen LogP contribution in [-0.4, -0.2) is 17.5 Å². The minimum Gasteiger partial charge on any atom is -0.327 e. The summed E-state index contributed by atoms with van der Waals surface area (Å²) in [6.45, 7) is 8.99. The van der Waals surface area contributed by atoms with E-state index in [2.05, 4.69) is 27.7 Å². The first kappa shape index (κ1) is 13.3. The van der Waals surface area contributed by atoms with E-state index in [9.17, 15) is 0 Å². The Morgan fingerprint density at radius 1 is 1.08 bits per heavy atom. The van der Waals surface area contributed by atoms with Gasteiger partial charge in [-0.25, -0.2) is 0 Å². The van der Waals surface area contributed by atoms with Gasteiger partial charge in [0.2, 0.25) is 0 Å². The van der Waals surface area contributed by atoms with E-state index in [-0.39, 0.29) is 0 Å². The van der Waals surface area contributed by atoms with Gasteiger partial charge in [-0.15, -0.1) is 0 Å². The average molecular weight is 203 g/mol. The molecule has 0 saturated heterocycles. The molecule has 0 aromatic rings. The lowest BCUT2D eigenvalue weighted by Gasteiger charge is -2.20. The van der Waals surface area contributed by atoms with Gasteiger partial charge in [0.15, 0.2) is 0 Å². The molecule has 0 saturated carbocycles.